The number of furan rings is 1. The summed E-state index contributed by atoms with van der Waals surface area (Å²) in [5.74, 6) is 1.33. The normalized spacial score (nSPS) is 15.5. The number of carbonyl (C=O) groups excluding carboxylic acids is 2. The summed E-state index contributed by atoms with van der Waals surface area (Å²) in [5, 5.41) is 3.05. The average Bonchev–Trinajstić information content (AvgIpc) is 3.12. The summed E-state index contributed by atoms with van der Waals surface area (Å²) in [7, 11) is 1.90. The Morgan fingerprint density at radius 1 is 1.25 bits per heavy atom. The molecule has 6 nitrogen and oxygen atoms in total. The van der Waals surface area contributed by atoms with Gasteiger partial charge in [0.25, 0.3) is 11.8 Å². The molecule has 0 aromatic carbocycles. The van der Waals surface area contributed by atoms with Gasteiger partial charge in [-0.2, -0.15) is 0 Å². The maximum absolute atomic E-state index is 12.4. The third kappa shape index (κ3) is 3.37. The van der Waals surface area contributed by atoms with Crippen LogP contribution in [-0.2, 0) is 7.05 Å². The summed E-state index contributed by atoms with van der Waals surface area (Å²) < 4.78 is 7.28. The molecule has 24 heavy (non-hydrogen) atoms. The maximum atomic E-state index is 12.4. The van der Waals surface area contributed by atoms with E-state index in [9.17, 15) is 9.59 Å². The zero-order chi connectivity index (χ0) is 17.3. The quantitative estimate of drug-likeness (QED) is 0.939. The minimum absolute atomic E-state index is 0.0571. The first-order valence-corrected chi connectivity index (χ1v) is 8.23. The van der Waals surface area contributed by atoms with Crippen LogP contribution in [0.25, 0.3) is 0 Å². The zero-order valence-corrected chi connectivity index (χ0v) is 14.3. The van der Waals surface area contributed by atoms with Crippen molar-refractivity contribution in [2.24, 2.45) is 7.05 Å². The lowest BCUT2D eigenvalue weighted by Crippen LogP contribution is -2.46. The molecule has 0 saturated carbocycles. The Hall–Kier alpha value is -2.50. The largest absolute Gasteiger partial charge is 0.466 e. The zero-order valence-electron chi connectivity index (χ0n) is 14.3. The molecule has 1 N–H and O–H groups in total. The van der Waals surface area contributed by atoms with Gasteiger partial charge in [-0.15, -0.1) is 0 Å². The van der Waals surface area contributed by atoms with Gasteiger partial charge < -0.3 is 19.2 Å². The van der Waals surface area contributed by atoms with Gasteiger partial charge in [-0.25, -0.2) is 0 Å². The topological polar surface area (TPSA) is 67.5 Å². The molecule has 3 rings (SSSR count). The van der Waals surface area contributed by atoms with E-state index in [1.54, 1.807) is 13.0 Å². The van der Waals surface area contributed by atoms with Gasteiger partial charge in [-0.05, 0) is 38.8 Å². The van der Waals surface area contributed by atoms with Crippen molar-refractivity contribution in [1.29, 1.82) is 0 Å². The predicted molar refractivity (Wildman–Crippen MR) is 90.0 cm³/mol. The van der Waals surface area contributed by atoms with Gasteiger partial charge in [0.2, 0.25) is 0 Å². The summed E-state index contributed by atoms with van der Waals surface area (Å²) >= 11 is 0. The highest BCUT2D eigenvalue weighted by atomic mass is 16.3. The standard InChI is InChI=1S/C18H23N3O3/c1-12-10-16(13(2)24-12)17(22)19-15-5-8-21(9-6-15)18(23)14-4-7-20(3)11-14/h4,7,10-11,15H,5-6,8-9H2,1-3H3,(H,19,22). The molecule has 1 aliphatic heterocycles. The molecule has 1 saturated heterocycles. The van der Waals surface area contributed by atoms with Crippen molar-refractivity contribution in [2.75, 3.05) is 13.1 Å². The van der Waals surface area contributed by atoms with Crippen LogP contribution in [-0.4, -0.2) is 40.4 Å². The first kappa shape index (κ1) is 16.4. The Bertz CT molecular complexity index is 751. The Morgan fingerprint density at radius 2 is 1.96 bits per heavy atom. The smallest absolute Gasteiger partial charge is 0.255 e. The molecule has 6 heteroatoms. The van der Waals surface area contributed by atoms with Crippen molar-refractivity contribution in [1.82, 2.24) is 14.8 Å². The van der Waals surface area contributed by atoms with Crippen molar-refractivity contribution in [2.45, 2.75) is 32.7 Å². The Labute approximate surface area is 141 Å². The number of carbonyl (C=O) groups is 2. The average molecular weight is 329 g/mol. The minimum atomic E-state index is -0.0998. The Balaban J connectivity index is 1.54. The number of piperidine rings is 1. The highest BCUT2D eigenvalue weighted by Crippen LogP contribution is 2.17. The molecule has 1 aliphatic rings. The second kappa shape index (κ2) is 6.55. The van der Waals surface area contributed by atoms with E-state index in [-0.39, 0.29) is 17.9 Å². The molecule has 0 radical (unpaired) electrons. The minimum Gasteiger partial charge on any atom is -0.466 e. The van der Waals surface area contributed by atoms with Gasteiger partial charge in [0.05, 0.1) is 11.1 Å². The van der Waals surface area contributed by atoms with E-state index in [1.165, 1.54) is 0 Å². The molecule has 0 spiro atoms. The van der Waals surface area contributed by atoms with Gasteiger partial charge in [0.1, 0.15) is 11.5 Å². The molecule has 128 valence electrons. The molecule has 0 aliphatic carbocycles. The van der Waals surface area contributed by atoms with Crippen LogP contribution in [0.5, 0.6) is 0 Å². The molecule has 2 aromatic rings. The third-order valence-electron chi connectivity index (χ3n) is 4.48. The number of aromatic nitrogens is 1. The molecule has 3 heterocycles. The number of hydrogen-bond donors (Lipinski definition) is 1. The molecular weight excluding hydrogens is 306 g/mol. The molecular formula is C18H23N3O3. The van der Waals surface area contributed by atoms with E-state index in [2.05, 4.69) is 5.32 Å². The molecule has 1 fully saturated rings. The highest BCUT2D eigenvalue weighted by molar-refractivity contribution is 5.95. The van der Waals surface area contributed by atoms with Crippen molar-refractivity contribution in [3.63, 3.8) is 0 Å². The maximum Gasteiger partial charge on any atom is 0.255 e. The second-order valence-corrected chi connectivity index (χ2v) is 6.43. The van der Waals surface area contributed by atoms with Gasteiger partial charge >= 0.3 is 0 Å². The number of nitrogens with zero attached hydrogens (tertiary/aromatic N) is 2. The van der Waals surface area contributed by atoms with Crippen molar-refractivity contribution < 1.29 is 14.0 Å². The lowest BCUT2D eigenvalue weighted by Gasteiger charge is -2.32. The number of aryl methyl sites for hydroxylation is 3. The summed E-state index contributed by atoms with van der Waals surface area (Å²) in [6, 6.07) is 3.69. The Morgan fingerprint density at radius 3 is 2.50 bits per heavy atom. The van der Waals surface area contributed by atoms with E-state index in [4.69, 9.17) is 4.42 Å². The third-order valence-corrected chi connectivity index (χ3v) is 4.48. The van der Waals surface area contributed by atoms with Gasteiger partial charge in [0.15, 0.2) is 0 Å². The van der Waals surface area contributed by atoms with Crippen LogP contribution in [0.1, 0.15) is 45.1 Å². The van der Waals surface area contributed by atoms with E-state index in [1.807, 2.05) is 41.9 Å². The fourth-order valence-corrected chi connectivity index (χ4v) is 3.16. The highest BCUT2D eigenvalue weighted by Gasteiger charge is 2.26. The second-order valence-electron chi connectivity index (χ2n) is 6.43. The number of likely N-dealkylation sites (tertiary alicyclic amines) is 1. The summed E-state index contributed by atoms with van der Waals surface area (Å²) in [4.78, 5) is 26.6. The van der Waals surface area contributed by atoms with Crippen LogP contribution in [0, 0.1) is 13.8 Å². The SMILES string of the molecule is Cc1cc(C(=O)NC2CCN(C(=O)c3ccn(C)c3)CC2)c(C)o1. The Kier molecular flexibility index (Phi) is 4.46. The van der Waals surface area contributed by atoms with E-state index >= 15 is 0 Å². The summed E-state index contributed by atoms with van der Waals surface area (Å²) in [6.45, 7) is 4.94. The van der Waals surface area contributed by atoms with E-state index < -0.39 is 0 Å². The molecule has 2 aromatic heterocycles. The molecule has 2 amide bonds. The van der Waals surface area contributed by atoms with Crippen LogP contribution in [0.15, 0.2) is 28.9 Å². The fourth-order valence-electron chi connectivity index (χ4n) is 3.16. The fraction of sp³-hybridized carbons (Fsp3) is 0.444. The van der Waals surface area contributed by atoms with Gasteiger partial charge in [0, 0.05) is 38.6 Å². The van der Waals surface area contributed by atoms with Crippen LogP contribution in [0.4, 0.5) is 0 Å². The summed E-state index contributed by atoms with van der Waals surface area (Å²) in [5.41, 5.74) is 1.31. The lowest BCUT2D eigenvalue weighted by atomic mass is 10.0. The van der Waals surface area contributed by atoms with Crippen LogP contribution in [0.3, 0.4) is 0 Å². The molecule has 0 unspecified atom stereocenters. The lowest BCUT2D eigenvalue weighted by molar-refractivity contribution is 0.0698. The molecule has 0 atom stereocenters. The number of amides is 2. The van der Waals surface area contributed by atoms with E-state index in [0.29, 0.717) is 30.0 Å². The van der Waals surface area contributed by atoms with Crippen molar-refractivity contribution in [3.05, 3.63) is 47.2 Å². The molecule has 0 bridgehead atoms. The number of hydrogen-bond acceptors (Lipinski definition) is 3. The van der Waals surface area contributed by atoms with Crippen LogP contribution in [0.2, 0.25) is 0 Å². The summed E-state index contributed by atoms with van der Waals surface area (Å²) in [6.07, 6.45) is 5.23. The number of rotatable bonds is 3. The van der Waals surface area contributed by atoms with Crippen LogP contribution >= 0.6 is 0 Å². The monoisotopic (exact) mass is 329 g/mol. The first-order valence-electron chi connectivity index (χ1n) is 8.23. The van der Waals surface area contributed by atoms with Gasteiger partial charge in [-0.1, -0.05) is 0 Å². The van der Waals surface area contributed by atoms with Crippen LogP contribution < -0.4 is 5.32 Å². The van der Waals surface area contributed by atoms with Crippen molar-refractivity contribution in [3.8, 4) is 0 Å². The van der Waals surface area contributed by atoms with E-state index in [0.717, 1.165) is 18.6 Å². The van der Waals surface area contributed by atoms with Crippen molar-refractivity contribution >= 4 is 11.8 Å². The number of nitrogens with one attached hydrogen (secondary N) is 1. The predicted octanol–water partition coefficient (Wildman–Crippen LogP) is 2.27. The first-order chi connectivity index (χ1) is 11.4. The van der Waals surface area contributed by atoms with Gasteiger partial charge in [-0.3, -0.25) is 9.59 Å².